The van der Waals surface area contributed by atoms with Gasteiger partial charge in [-0.05, 0) is 43.6 Å². The smallest absolute Gasteiger partial charge is 0.192 e. The summed E-state index contributed by atoms with van der Waals surface area (Å²) in [6, 6.07) is 10.6. The van der Waals surface area contributed by atoms with E-state index in [1.165, 1.54) is 4.90 Å². The fourth-order valence-corrected chi connectivity index (χ4v) is 4.11. The van der Waals surface area contributed by atoms with E-state index in [9.17, 15) is 0 Å². The first-order chi connectivity index (χ1) is 8.72. The highest BCUT2D eigenvalue weighted by Crippen LogP contribution is 2.37. The van der Waals surface area contributed by atoms with Gasteiger partial charge in [-0.1, -0.05) is 39.0 Å². The van der Waals surface area contributed by atoms with Gasteiger partial charge in [-0.25, -0.2) is 0 Å². The van der Waals surface area contributed by atoms with Gasteiger partial charge in [-0.2, -0.15) is 0 Å². The largest absolute Gasteiger partial charge is 0.414 e. The average molecular weight is 297 g/mol. The molecule has 1 rings (SSSR count). The highest BCUT2D eigenvalue weighted by Gasteiger charge is 2.38. The van der Waals surface area contributed by atoms with Gasteiger partial charge in [0.05, 0.1) is 0 Å². The van der Waals surface area contributed by atoms with E-state index in [0.717, 1.165) is 12.2 Å². The van der Waals surface area contributed by atoms with Crippen LogP contribution in [0.15, 0.2) is 35.2 Å². The predicted molar refractivity (Wildman–Crippen MR) is 89.5 cm³/mol. The molecule has 0 aliphatic rings. The maximum Gasteiger partial charge on any atom is 0.192 e. The molecule has 0 amide bonds. The molecule has 3 heteroatoms. The quantitative estimate of drug-likeness (QED) is 0.500. The molecule has 0 aromatic heterocycles. The second-order valence-corrected chi connectivity index (χ2v) is 12.6. The van der Waals surface area contributed by atoms with E-state index >= 15 is 0 Å². The van der Waals surface area contributed by atoms with Crippen LogP contribution < -0.4 is 0 Å². The number of hydrogen-bond donors (Lipinski definition) is 0. The maximum atomic E-state index is 6.37. The van der Waals surface area contributed by atoms with Gasteiger partial charge in [0.1, 0.15) is 0 Å². The zero-order valence-electron chi connectivity index (χ0n) is 13.2. The number of rotatable bonds is 6. The van der Waals surface area contributed by atoms with Crippen molar-refractivity contribution in [1.29, 1.82) is 0 Å². The first kappa shape index (κ1) is 16.8. The lowest BCUT2D eigenvalue weighted by molar-refractivity contribution is 0.196. The lowest BCUT2D eigenvalue weighted by Crippen LogP contribution is -2.43. The molecular weight excluding hydrogens is 268 g/mol. The van der Waals surface area contributed by atoms with Crippen LogP contribution in [0.3, 0.4) is 0 Å². The molecular formula is C16H28OSSi. The van der Waals surface area contributed by atoms with Crippen molar-refractivity contribution in [2.45, 2.75) is 63.2 Å². The lowest BCUT2D eigenvalue weighted by atomic mass is 10.2. The summed E-state index contributed by atoms with van der Waals surface area (Å²) in [5.41, 5.74) is 0. The minimum absolute atomic E-state index is 0.299. The Kier molecular flexibility index (Phi) is 6.15. The van der Waals surface area contributed by atoms with Gasteiger partial charge in [0.15, 0.2) is 8.32 Å². The molecule has 108 valence electrons. The highest BCUT2D eigenvalue weighted by atomic mass is 32.2. The van der Waals surface area contributed by atoms with Crippen LogP contribution in [0.2, 0.25) is 18.1 Å². The Morgan fingerprint density at radius 3 is 2.26 bits per heavy atom. The number of thioether (sulfide) groups is 1. The average Bonchev–Trinajstić information content (AvgIpc) is 2.28. The summed E-state index contributed by atoms with van der Waals surface area (Å²) in [7, 11) is -1.61. The monoisotopic (exact) mass is 296 g/mol. The van der Waals surface area contributed by atoms with Crippen LogP contribution in [0.5, 0.6) is 0 Å². The van der Waals surface area contributed by atoms with Gasteiger partial charge in [-0.3, -0.25) is 0 Å². The fraction of sp³-hybridized carbons (Fsp3) is 0.625. The molecule has 0 radical (unpaired) electrons. The van der Waals surface area contributed by atoms with Crippen molar-refractivity contribution in [2.75, 3.05) is 5.75 Å². The van der Waals surface area contributed by atoms with E-state index in [1.807, 2.05) is 11.8 Å². The van der Waals surface area contributed by atoms with Crippen LogP contribution in [0.4, 0.5) is 0 Å². The molecule has 0 spiro atoms. The van der Waals surface area contributed by atoms with Crippen molar-refractivity contribution >= 4 is 20.1 Å². The molecule has 0 bridgehead atoms. The van der Waals surface area contributed by atoms with Crippen molar-refractivity contribution in [2.24, 2.45) is 0 Å². The predicted octanol–water partition coefficient (Wildman–Crippen LogP) is 5.58. The van der Waals surface area contributed by atoms with E-state index in [2.05, 4.69) is 71.1 Å². The molecule has 1 nitrogen and oxygen atoms in total. The summed E-state index contributed by atoms with van der Waals surface area (Å²) in [4.78, 5) is 1.35. The third kappa shape index (κ3) is 5.72. The van der Waals surface area contributed by atoms with Gasteiger partial charge in [0, 0.05) is 16.8 Å². The molecule has 1 aromatic rings. The fourth-order valence-electron chi connectivity index (χ4n) is 1.60. The molecule has 0 heterocycles. The van der Waals surface area contributed by atoms with Crippen LogP contribution in [0.25, 0.3) is 0 Å². The van der Waals surface area contributed by atoms with E-state index < -0.39 is 8.32 Å². The molecule has 0 fully saturated rings. The first-order valence-electron chi connectivity index (χ1n) is 7.08. The van der Waals surface area contributed by atoms with Crippen molar-refractivity contribution < 1.29 is 4.43 Å². The van der Waals surface area contributed by atoms with Gasteiger partial charge < -0.3 is 4.43 Å². The summed E-state index contributed by atoms with van der Waals surface area (Å²) < 4.78 is 6.37. The second kappa shape index (κ2) is 6.96. The van der Waals surface area contributed by atoms with Crippen molar-refractivity contribution in [3.8, 4) is 0 Å². The van der Waals surface area contributed by atoms with E-state index in [-0.39, 0.29) is 0 Å². The molecule has 1 atom stereocenters. The van der Waals surface area contributed by atoms with Gasteiger partial charge in [0.25, 0.3) is 0 Å². The van der Waals surface area contributed by atoms with Crippen LogP contribution in [-0.4, -0.2) is 20.2 Å². The van der Waals surface area contributed by atoms with Crippen molar-refractivity contribution in [3.05, 3.63) is 30.3 Å². The van der Waals surface area contributed by atoms with Gasteiger partial charge >= 0.3 is 0 Å². The summed E-state index contributed by atoms with van der Waals surface area (Å²) in [5, 5.41) is 0.299. The van der Waals surface area contributed by atoms with Gasteiger partial charge in [-0.15, -0.1) is 11.8 Å². The van der Waals surface area contributed by atoms with Crippen molar-refractivity contribution in [1.82, 2.24) is 0 Å². The summed E-state index contributed by atoms with van der Waals surface area (Å²) >= 11 is 1.92. The molecule has 0 saturated carbocycles. The third-order valence-corrected chi connectivity index (χ3v) is 9.49. The van der Waals surface area contributed by atoms with Gasteiger partial charge in [0.2, 0.25) is 0 Å². The second-order valence-electron chi connectivity index (χ2n) is 6.64. The van der Waals surface area contributed by atoms with Crippen LogP contribution in [0, 0.1) is 0 Å². The summed E-state index contributed by atoms with van der Waals surface area (Å²) in [6.45, 7) is 13.8. The topological polar surface area (TPSA) is 9.23 Å². The van der Waals surface area contributed by atoms with E-state index in [4.69, 9.17) is 4.43 Å². The molecule has 0 N–H and O–H groups in total. The standard InChI is InChI=1S/C16H28OSSi/c1-14(17-19(5,6)16(2,3)4)12-13-18-15-10-8-7-9-11-15/h7-11,14H,12-13H2,1-6H3/t14-/m1/s1. The zero-order chi connectivity index (χ0) is 14.5. The molecule has 0 aliphatic heterocycles. The highest BCUT2D eigenvalue weighted by molar-refractivity contribution is 7.99. The summed E-state index contributed by atoms with van der Waals surface area (Å²) in [5.74, 6) is 1.12. The SMILES string of the molecule is C[C@H](CCSc1ccccc1)O[Si](C)(C)C(C)(C)C. The summed E-state index contributed by atoms with van der Waals surface area (Å²) in [6.07, 6.45) is 1.48. The van der Waals surface area contributed by atoms with Crippen LogP contribution in [0.1, 0.15) is 34.1 Å². The molecule has 0 saturated heterocycles. The maximum absolute atomic E-state index is 6.37. The lowest BCUT2D eigenvalue weighted by Gasteiger charge is -2.38. The van der Waals surface area contributed by atoms with E-state index in [0.29, 0.717) is 11.1 Å². The Morgan fingerprint density at radius 1 is 1.16 bits per heavy atom. The number of hydrogen-bond acceptors (Lipinski definition) is 2. The van der Waals surface area contributed by atoms with E-state index in [1.54, 1.807) is 0 Å². The Hall–Kier alpha value is -0.253. The van der Waals surface area contributed by atoms with Crippen molar-refractivity contribution in [3.63, 3.8) is 0 Å². The Morgan fingerprint density at radius 2 is 1.74 bits per heavy atom. The van der Waals surface area contributed by atoms with Crippen LogP contribution >= 0.6 is 11.8 Å². The van der Waals surface area contributed by atoms with Crippen LogP contribution in [-0.2, 0) is 4.43 Å². The molecule has 0 aliphatic carbocycles. The Balaban J connectivity index is 2.34. The molecule has 19 heavy (non-hydrogen) atoms. The minimum Gasteiger partial charge on any atom is -0.414 e. The molecule has 0 unspecified atom stereocenters. The first-order valence-corrected chi connectivity index (χ1v) is 11.0. The zero-order valence-corrected chi connectivity index (χ0v) is 15.0. The number of benzene rings is 1. The Labute approximate surface area is 124 Å². The normalized spacial score (nSPS) is 14.4. The Bertz CT molecular complexity index is 370. The third-order valence-electron chi connectivity index (χ3n) is 3.84. The minimum atomic E-state index is -1.61. The molecule has 1 aromatic carbocycles.